The van der Waals surface area contributed by atoms with Crippen LogP contribution in [-0.4, -0.2) is 28.7 Å². The van der Waals surface area contributed by atoms with Crippen molar-refractivity contribution in [1.82, 2.24) is 4.90 Å². The summed E-state index contributed by atoms with van der Waals surface area (Å²) in [5.41, 5.74) is 1.22. The molecule has 0 saturated carbocycles. The molecule has 2 unspecified atom stereocenters. The Morgan fingerprint density at radius 2 is 2.12 bits per heavy atom. The number of hydrogen-bond donors (Lipinski definition) is 1. The Labute approximate surface area is 102 Å². The number of hydrogen-bond acceptors (Lipinski definition) is 1. The van der Waals surface area contributed by atoms with E-state index in [1.165, 1.54) is 5.56 Å². The van der Waals surface area contributed by atoms with Crippen molar-refractivity contribution in [3.63, 3.8) is 0 Å². The quantitative estimate of drug-likeness (QED) is 0.853. The summed E-state index contributed by atoms with van der Waals surface area (Å²) in [4.78, 5) is 12.8. The van der Waals surface area contributed by atoms with Crippen LogP contribution in [-0.2, 0) is 6.42 Å². The molecule has 1 aromatic rings. The van der Waals surface area contributed by atoms with Gasteiger partial charge in [0.2, 0.25) is 0 Å². The maximum atomic E-state index is 11.2. The van der Waals surface area contributed by atoms with Crippen LogP contribution in [0.4, 0.5) is 4.79 Å². The summed E-state index contributed by atoms with van der Waals surface area (Å²) in [7, 11) is 0. The zero-order chi connectivity index (χ0) is 12.3. The van der Waals surface area contributed by atoms with Gasteiger partial charge in [-0.1, -0.05) is 37.3 Å². The molecule has 3 heteroatoms. The summed E-state index contributed by atoms with van der Waals surface area (Å²) >= 11 is 0. The highest BCUT2D eigenvalue weighted by Crippen LogP contribution is 2.26. The maximum absolute atomic E-state index is 11.2. The van der Waals surface area contributed by atoms with Crippen molar-refractivity contribution in [3.8, 4) is 0 Å². The predicted octanol–water partition coefficient (Wildman–Crippen LogP) is 3.01. The van der Waals surface area contributed by atoms with Crippen molar-refractivity contribution < 1.29 is 9.90 Å². The summed E-state index contributed by atoms with van der Waals surface area (Å²) in [5.74, 6) is 0.444. The molecule has 0 radical (unpaired) electrons. The van der Waals surface area contributed by atoms with Gasteiger partial charge in [-0.05, 0) is 30.7 Å². The van der Waals surface area contributed by atoms with Crippen molar-refractivity contribution in [2.24, 2.45) is 5.92 Å². The highest BCUT2D eigenvalue weighted by Gasteiger charge is 2.31. The molecule has 1 amide bonds. The van der Waals surface area contributed by atoms with Crippen molar-refractivity contribution in [2.45, 2.75) is 32.2 Å². The van der Waals surface area contributed by atoms with Gasteiger partial charge >= 0.3 is 6.09 Å². The summed E-state index contributed by atoms with van der Waals surface area (Å²) in [5, 5.41) is 9.23. The average Bonchev–Trinajstić information content (AvgIpc) is 2.33. The van der Waals surface area contributed by atoms with Gasteiger partial charge in [0.15, 0.2) is 0 Å². The van der Waals surface area contributed by atoms with Gasteiger partial charge in [-0.2, -0.15) is 0 Å². The van der Waals surface area contributed by atoms with Crippen LogP contribution in [0.15, 0.2) is 30.3 Å². The highest BCUT2D eigenvalue weighted by molar-refractivity contribution is 5.65. The van der Waals surface area contributed by atoms with Gasteiger partial charge < -0.3 is 10.0 Å². The Kier molecular flexibility index (Phi) is 3.67. The molecule has 1 aromatic carbocycles. The first-order valence-corrected chi connectivity index (χ1v) is 6.22. The summed E-state index contributed by atoms with van der Waals surface area (Å²) < 4.78 is 0. The zero-order valence-corrected chi connectivity index (χ0v) is 10.2. The molecular formula is C14H19NO2. The molecule has 1 saturated heterocycles. The topological polar surface area (TPSA) is 40.5 Å². The monoisotopic (exact) mass is 233 g/mol. The minimum absolute atomic E-state index is 0.128. The molecule has 1 aliphatic rings. The fraction of sp³-hybridized carbons (Fsp3) is 0.500. The molecule has 92 valence electrons. The first kappa shape index (κ1) is 12.0. The molecule has 0 aromatic heterocycles. The second-order valence-corrected chi connectivity index (χ2v) is 4.85. The van der Waals surface area contributed by atoms with E-state index < -0.39 is 6.09 Å². The molecule has 0 aliphatic carbocycles. The van der Waals surface area contributed by atoms with Crippen molar-refractivity contribution >= 4 is 6.09 Å². The Morgan fingerprint density at radius 3 is 2.76 bits per heavy atom. The molecule has 2 atom stereocenters. The van der Waals surface area contributed by atoms with E-state index in [9.17, 15) is 9.90 Å². The van der Waals surface area contributed by atoms with Crippen molar-refractivity contribution in [2.75, 3.05) is 6.54 Å². The standard InChI is InChI=1S/C14H19NO2/c1-11-6-5-9-15(14(16)17)13(11)10-12-7-3-2-4-8-12/h2-4,7-8,11,13H,5-6,9-10H2,1H3,(H,16,17). The minimum Gasteiger partial charge on any atom is -0.465 e. The Morgan fingerprint density at radius 1 is 1.41 bits per heavy atom. The summed E-state index contributed by atoms with van der Waals surface area (Å²) in [6.45, 7) is 2.83. The fourth-order valence-corrected chi connectivity index (χ4v) is 2.65. The number of rotatable bonds is 2. The van der Waals surface area contributed by atoms with Crippen LogP contribution in [0.5, 0.6) is 0 Å². The Bertz CT molecular complexity index is 377. The van der Waals surface area contributed by atoms with Crippen LogP contribution in [0.2, 0.25) is 0 Å². The second kappa shape index (κ2) is 5.21. The molecule has 1 aliphatic heterocycles. The van der Waals surface area contributed by atoms with Crippen LogP contribution in [0.1, 0.15) is 25.3 Å². The normalized spacial score (nSPS) is 24.6. The van der Waals surface area contributed by atoms with Crippen molar-refractivity contribution in [3.05, 3.63) is 35.9 Å². The van der Waals surface area contributed by atoms with Gasteiger partial charge in [-0.3, -0.25) is 0 Å². The van der Waals surface area contributed by atoms with E-state index >= 15 is 0 Å². The first-order chi connectivity index (χ1) is 8.18. The fourth-order valence-electron chi connectivity index (χ4n) is 2.65. The van der Waals surface area contributed by atoms with Gasteiger partial charge in [-0.25, -0.2) is 4.79 Å². The van der Waals surface area contributed by atoms with E-state index in [-0.39, 0.29) is 6.04 Å². The molecule has 1 heterocycles. The Hall–Kier alpha value is -1.51. The van der Waals surface area contributed by atoms with E-state index in [0.29, 0.717) is 12.5 Å². The van der Waals surface area contributed by atoms with Crippen LogP contribution < -0.4 is 0 Å². The van der Waals surface area contributed by atoms with E-state index in [1.807, 2.05) is 18.2 Å². The lowest BCUT2D eigenvalue weighted by molar-refractivity contribution is 0.0832. The number of likely N-dealkylation sites (tertiary alicyclic amines) is 1. The van der Waals surface area contributed by atoms with Crippen LogP contribution >= 0.6 is 0 Å². The summed E-state index contributed by atoms with van der Waals surface area (Å²) in [6, 6.07) is 10.3. The molecule has 3 nitrogen and oxygen atoms in total. The third-order valence-corrected chi connectivity index (χ3v) is 3.65. The predicted molar refractivity (Wildman–Crippen MR) is 67.1 cm³/mol. The van der Waals surface area contributed by atoms with Gasteiger partial charge in [0.25, 0.3) is 0 Å². The number of amides is 1. The molecule has 1 fully saturated rings. The van der Waals surface area contributed by atoms with Crippen LogP contribution in [0.25, 0.3) is 0 Å². The van der Waals surface area contributed by atoms with Gasteiger partial charge in [0, 0.05) is 12.6 Å². The smallest absolute Gasteiger partial charge is 0.407 e. The number of piperidine rings is 1. The van der Waals surface area contributed by atoms with E-state index in [0.717, 1.165) is 19.3 Å². The number of carboxylic acid groups (broad SMARTS) is 1. The largest absolute Gasteiger partial charge is 0.465 e. The maximum Gasteiger partial charge on any atom is 0.407 e. The average molecular weight is 233 g/mol. The number of carbonyl (C=O) groups is 1. The SMILES string of the molecule is CC1CCCN(C(=O)O)C1Cc1ccccc1. The Balaban J connectivity index is 2.12. The third kappa shape index (κ3) is 2.78. The number of nitrogens with zero attached hydrogens (tertiary/aromatic N) is 1. The minimum atomic E-state index is -0.780. The molecule has 17 heavy (non-hydrogen) atoms. The summed E-state index contributed by atoms with van der Waals surface area (Å²) in [6.07, 6.45) is 2.16. The third-order valence-electron chi connectivity index (χ3n) is 3.65. The van der Waals surface area contributed by atoms with Crippen LogP contribution in [0.3, 0.4) is 0 Å². The van der Waals surface area contributed by atoms with Crippen LogP contribution in [0, 0.1) is 5.92 Å². The zero-order valence-electron chi connectivity index (χ0n) is 10.2. The first-order valence-electron chi connectivity index (χ1n) is 6.22. The molecule has 2 rings (SSSR count). The molecular weight excluding hydrogens is 214 g/mol. The molecule has 1 N–H and O–H groups in total. The second-order valence-electron chi connectivity index (χ2n) is 4.85. The van der Waals surface area contributed by atoms with Gasteiger partial charge in [0.05, 0.1) is 0 Å². The lowest BCUT2D eigenvalue weighted by Gasteiger charge is -2.38. The lowest BCUT2D eigenvalue weighted by Crippen LogP contribution is -2.48. The highest BCUT2D eigenvalue weighted by atomic mass is 16.4. The van der Waals surface area contributed by atoms with Gasteiger partial charge in [0.1, 0.15) is 0 Å². The van der Waals surface area contributed by atoms with E-state index in [4.69, 9.17) is 0 Å². The molecule has 0 spiro atoms. The van der Waals surface area contributed by atoms with Crippen molar-refractivity contribution in [1.29, 1.82) is 0 Å². The van der Waals surface area contributed by atoms with E-state index in [2.05, 4.69) is 19.1 Å². The van der Waals surface area contributed by atoms with E-state index in [1.54, 1.807) is 4.90 Å². The number of benzene rings is 1. The molecule has 0 bridgehead atoms. The van der Waals surface area contributed by atoms with Gasteiger partial charge in [-0.15, -0.1) is 0 Å². The lowest BCUT2D eigenvalue weighted by atomic mass is 9.87.